The van der Waals surface area contributed by atoms with Crippen LogP contribution >= 0.6 is 11.6 Å². The zero-order valence-corrected chi connectivity index (χ0v) is 16.3. The van der Waals surface area contributed by atoms with E-state index in [-0.39, 0.29) is 11.8 Å². The second kappa shape index (κ2) is 8.48. The molecule has 1 amide bonds. The summed E-state index contributed by atoms with van der Waals surface area (Å²) in [6, 6.07) is 15.7. The van der Waals surface area contributed by atoms with Gasteiger partial charge in [0.05, 0.1) is 11.9 Å². The summed E-state index contributed by atoms with van der Waals surface area (Å²) < 4.78 is 2.03. The maximum absolute atomic E-state index is 12.5. The highest BCUT2D eigenvalue weighted by Gasteiger charge is 2.25. The van der Waals surface area contributed by atoms with E-state index in [1.165, 1.54) is 0 Å². The number of benzene rings is 1. The van der Waals surface area contributed by atoms with Gasteiger partial charge in [-0.1, -0.05) is 23.7 Å². The fourth-order valence-electron chi connectivity index (χ4n) is 3.58. The van der Waals surface area contributed by atoms with Gasteiger partial charge in [0, 0.05) is 43.0 Å². The average molecular weight is 395 g/mol. The molecule has 0 aliphatic carbocycles. The first-order valence-corrected chi connectivity index (χ1v) is 9.93. The Morgan fingerprint density at radius 1 is 1.11 bits per heavy atom. The number of carbonyl (C=O) groups excluding carboxylic acids is 1. The van der Waals surface area contributed by atoms with Crippen molar-refractivity contribution in [2.45, 2.75) is 19.4 Å². The average Bonchev–Trinajstić information content (AvgIpc) is 3.27. The molecule has 4 rings (SSSR count). The van der Waals surface area contributed by atoms with Crippen LogP contribution in [0, 0.1) is 5.92 Å². The van der Waals surface area contributed by atoms with E-state index in [0.717, 1.165) is 43.0 Å². The lowest BCUT2D eigenvalue weighted by molar-refractivity contribution is -0.125. The van der Waals surface area contributed by atoms with E-state index >= 15 is 0 Å². The Morgan fingerprint density at radius 3 is 2.57 bits per heavy atom. The van der Waals surface area contributed by atoms with E-state index in [2.05, 4.69) is 27.3 Å². The summed E-state index contributed by atoms with van der Waals surface area (Å²) in [7, 11) is 0. The van der Waals surface area contributed by atoms with Gasteiger partial charge in [0.25, 0.3) is 0 Å². The van der Waals surface area contributed by atoms with Crippen molar-refractivity contribution in [3.05, 3.63) is 77.7 Å². The third kappa shape index (κ3) is 4.37. The number of carbonyl (C=O) groups is 1. The third-order valence-corrected chi connectivity index (χ3v) is 5.42. The molecule has 0 spiro atoms. The molecular formula is C22H23ClN4O. The first-order chi connectivity index (χ1) is 13.7. The molecule has 1 fully saturated rings. The minimum atomic E-state index is 0.0505. The number of halogens is 1. The molecule has 0 radical (unpaired) electrons. The third-order valence-electron chi connectivity index (χ3n) is 5.18. The number of nitrogens with one attached hydrogen (secondary N) is 1. The predicted octanol–water partition coefficient (Wildman–Crippen LogP) is 4.06. The van der Waals surface area contributed by atoms with E-state index in [4.69, 9.17) is 11.6 Å². The second-order valence-electron chi connectivity index (χ2n) is 7.07. The quantitative estimate of drug-likeness (QED) is 0.710. The van der Waals surface area contributed by atoms with Crippen LogP contribution in [0.2, 0.25) is 5.02 Å². The Labute approximate surface area is 170 Å². The van der Waals surface area contributed by atoms with Crippen LogP contribution in [-0.2, 0) is 11.3 Å². The van der Waals surface area contributed by atoms with E-state index in [9.17, 15) is 4.79 Å². The number of hydrogen-bond acceptors (Lipinski definition) is 3. The van der Waals surface area contributed by atoms with Crippen LogP contribution in [-0.4, -0.2) is 28.5 Å². The fraction of sp³-hybridized carbons (Fsp3) is 0.273. The fourth-order valence-corrected chi connectivity index (χ4v) is 3.79. The lowest BCUT2D eigenvalue weighted by Gasteiger charge is -2.32. The zero-order valence-electron chi connectivity index (χ0n) is 15.6. The maximum Gasteiger partial charge on any atom is 0.223 e. The molecule has 1 aliphatic heterocycles. The van der Waals surface area contributed by atoms with Crippen molar-refractivity contribution >= 4 is 23.3 Å². The highest BCUT2D eigenvalue weighted by molar-refractivity contribution is 6.30. The van der Waals surface area contributed by atoms with Gasteiger partial charge < -0.3 is 14.8 Å². The number of piperidine rings is 1. The zero-order chi connectivity index (χ0) is 19.3. The number of pyridine rings is 1. The van der Waals surface area contributed by atoms with Crippen molar-refractivity contribution in [2.75, 3.05) is 18.0 Å². The van der Waals surface area contributed by atoms with E-state index < -0.39 is 0 Å². The molecule has 0 bridgehead atoms. The number of nitrogens with zero attached hydrogens (tertiary/aromatic N) is 3. The van der Waals surface area contributed by atoms with Gasteiger partial charge in [-0.25, -0.2) is 4.98 Å². The van der Waals surface area contributed by atoms with Gasteiger partial charge in [-0.2, -0.15) is 0 Å². The van der Waals surface area contributed by atoms with Gasteiger partial charge in [-0.05, 0) is 54.8 Å². The van der Waals surface area contributed by atoms with E-state index in [1.807, 2.05) is 59.6 Å². The monoisotopic (exact) mass is 394 g/mol. The lowest BCUT2D eigenvalue weighted by atomic mass is 9.96. The standard InChI is InChI=1S/C22H23ClN4O/c23-19-5-3-4-17(14-19)15-25-22(28)18-8-12-27(13-9-18)21-7-6-20(16-24-21)26-10-1-2-11-26/h1-7,10-11,14,16,18H,8-9,12-13,15H2,(H,25,28). The van der Waals surface area contributed by atoms with Crippen molar-refractivity contribution in [3.63, 3.8) is 0 Å². The molecule has 1 N–H and O–H groups in total. The predicted molar refractivity (Wildman–Crippen MR) is 112 cm³/mol. The number of aromatic nitrogens is 2. The summed E-state index contributed by atoms with van der Waals surface area (Å²) >= 11 is 6.00. The van der Waals surface area contributed by atoms with Gasteiger partial charge in [-0.3, -0.25) is 4.79 Å². The van der Waals surface area contributed by atoms with Crippen LogP contribution in [0.5, 0.6) is 0 Å². The normalized spacial score (nSPS) is 14.8. The number of amides is 1. The first kappa shape index (κ1) is 18.6. The lowest BCUT2D eigenvalue weighted by Crippen LogP contribution is -2.40. The van der Waals surface area contributed by atoms with Gasteiger partial charge in [0.15, 0.2) is 0 Å². The Balaban J connectivity index is 1.28. The molecule has 0 atom stereocenters. The maximum atomic E-state index is 12.5. The summed E-state index contributed by atoms with van der Waals surface area (Å²) in [5.74, 6) is 1.14. The van der Waals surface area contributed by atoms with Crippen LogP contribution in [0.1, 0.15) is 18.4 Å². The Kier molecular flexibility index (Phi) is 5.63. The molecule has 6 heteroatoms. The Morgan fingerprint density at radius 2 is 1.89 bits per heavy atom. The first-order valence-electron chi connectivity index (χ1n) is 9.55. The molecular weight excluding hydrogens is 372 g/mol. The van der Waals surface area contributed by atoms with Crippen molar-refractivity contribution in [1.82, 2.24) is 14.9 Å². The topological polar surface area (TPSA) is 50.2 Å². The smallest absolute Gasteiger partial charge is 0.223 e. The molecule has 3 aromatic rings. The van der Waals surface area contributed by atoms with E-state index in [0.29, 0.717) is 11.6 Å². The molecule has 1 aromatic carbocycles. The Hall–Kier alpha value is -2.79. The van der Waals surface area contributed by atoms with Crippen LogP contribution < -0.4 is 10.2 Å². The summed E-state index contributed by atoms with van der Waals surface area (Å²) in [5.41, 5.74) is 2.06. The second-order valence-corrected chi connectivity index (χ2v) is 7.51. The number of rotatable bonds is 5. The van der Waals surface area contributed by atoms with Crippen LogP contribution in [0.25, 0.3) is 5.69 Å². The highest BCUT2D eigenvalue weighted by atomic mass is 35.5. The molecule has 0 unspecified atom stereocenters. The molecule has 3 heterocycles. The van der Waals surface area contributed by atoms with Gasteiger partial charge in [0.1, 0.15) is 5.82 Å². The van der Waals surface area contributed by atoms with E-state index in [1.54, 1.807) is 0 Å². The molecule has 28 heavy (non-hydrogen) atoms. The minimum absolute atomic E-state index is 0.0505. The molecule has 1 aliphatic rings. The van der Waals surface area contributed by atoms with Crippen LogP contribution in [0.15, 0.2) is 67.1 Å². The van der Waals surface area contributed by atoms with Gasteiger partial charge in [-0.15, -0.1) is 0 Å². The molecule has 2 aromatic heterocycles. The van der Waals surface area contributed by atoms with Crippen molar-refractivity contribution in [2.24, 2.45) is 5.92 Å². The van der Waals surface area contributed by atoms with Crippen molar-refractivity contribution in [3.8, 4) is 5.69 Å². The minimum Gasteiger partial charge on any atom is -0.357 e. The van der Waals surface area contributed by atoms with Gasteiger partial charge in [0.2, 0.25) is 5.91 Å². The summed E-state index contributed by atoms with van der Waals surface area (Å²) in [5, 5.41) is 3.73. The summed E-state index contributed by atoms with van der Waals surface area (Å²) in [6.07, 6.45) is 7.57. The SMILES string of the molecule is O=C(NCc1cccc(Cl)c1)C1CCN(c2ccc(-n3cccc3)cn2)CC1. The highest BCUT2D eigenvalue weighted by Crippen LogP contribution is 2.23. The van der Waals surface area contributed by atoms with Crippen molar-refractivity contribution in [1.29, 1.82) is 0 Å². The van der Waals surface area contributed by atoms with Crippen molar-refractivity contribution < 1.29 is 4.79 Å². The van der Waals surface area contributed by atoms with Crippen LogP contribution in [0.4, 0.5) is 5.82 Å². The number of hydrogen-bond donors (Lipinski definition) is 1. The largest absolute Gasteiger partial charge is 0.357 e. The molecule has 0 saturated carbocycles. The summed E-state index contributed by atoms with van der Waals surface area (Å²) in [6.45, 7) is 2.19. The number of anilines is 1. The molecule has 5 nitrogen and oxygen atoms in total. The Bertz CT molecular complexity index is 916. The molecule has 144 valence electrons. The molecule has 1 saturated heterocycles. The summed E-state index contributed by atoms with van der Waals surface area (Å²) in [4.78, 5) is 19.3. The van der Waals surface area contributed by atoms with Crippen LogP contribution in [0.3, 0.4) is 0 Å². The van der Waals surface area contributed by atoms with Gasteiger partial charge >= 0.3 is 0 Å².